The first-order valence-electron chi connectivity index (χ1n) is 9.52. The molecule has 2 aliphatic heterocycles. The van der Waals surface area contributed by atoms with Crippen LogP contribution in [0.3, 0.4) is 0 Å². The van der Waals surface area contributed by atoms with Crippen LogP contribution in [0.5, 0.6) is 0 Å². The molecule has 2 saturated heterocycles. The summed E-state index contributed by atoms with van der Waals surface area (Å²) >= 11 is 0. The number of nitrogens with zero attached hydrogens (tertiary/aromatic N) is 3. The van der Waals surface area contributed by atoms with Crippen molar-refractivity contribution < 1.29 is 9.18 Å². The Morgan fingerprint density at radius 3 is 2.93 bits per heavy atom. The maximum atomic E-state index is 13.4. The molecule has 0 saturated carbocycles. The maximum Gasteiger partial charge on any atom is 0.274 e. The van der Waals surface area contributed by atoms with Crippen LogP contribution < -0.4 is 5.32 Å². The second kappa shape index (κ2) is 8.85. The molecule has 0 spiro atoms. The second-order valence-corrected chi connectivity index (χ2v) is 7.31. The van der Waals surface area contributed by atoms with Crippen LogP contribution in [-0.2, 0) is 6.42 Å². The molecule has 3 heterocycles. The van der Waals surface area contributed by atoms with Crippen LogP contribution in [0.25, 0.3) is 0 Å². The first kappa shape index (κ1) is 19.8. The van der Waals surface area contributed by atoms with E-state index in [0.717, 1.165) is 50.9 Å². The quantitative estimate of drug-likeness (QED) is 0.869. The van der Waals surface area contributed by atoms with Crippen LogP contribution in [0.15, 0.2) is 36.5 Å². The fourth-order valence-corrected chi connectivity index (χ4v) is 4.11. The average molecular weight is 393 g/mol. The molecule has 1 amide bonds. The molecule has 1 aromatic heterocycles. The zero-order valence-corrected chi connectivity index (χ0v) is 16.1. The van der Waals surface area contributed by atoms with E-state index in [2.05, 4.69) is 10.4 Å². The average Bonchev–Trinajstić information content (AvgIpc) is 3.32. The summed E-state index contributed by atoms with van der Waals surface area (Å²) < 4.78 is 15.4. The van der Waals surface area contributed by atoms with E-state index in [9.17, 15) is 9.18 Å². The molecule has 5 nitrogen and oxygen atoms in total. The molecule has 1 N–H and O–H groups in total. The van der Waals surface area contributed by atoms with Crippen molar-refractivity contribution in [3.05, 3.63) is 53.6 Å². The summed E-state index contributed by atoms with van der Waals surface area (Å²) in [6.45, 7) is 2.71. The van der Waals surface area contributed by atoms with E-state index in [1.54, 1.807) is 12.1 Å². The first-order valence-corrected chi connectivity index (χ1v) is 9.52. The van der Waals surface area contributed by atoms with E-state index in [1.807, 2.05) is 27.9 Å². The summed E-state index contributed by atoms with van der Waals surface area (Å²) in [5, 5.41) is 7.94. The molecule has 27 heavy (non-hydrogen) atoms. The number of aromatic nitrogens is 2. The summed E-state index contributed by atoms with van der Waals surface area (Å²) in [6, 6.07) is 8.94. The lowest BCUT2D eigenvalue weighted by Crippen LogP contribution is -2.37. The highest BCUT2D eigenvalue weighted by Gasteiger charge is 2.31. The van der Waals surface area contributed by atoms with E-state index in [-0.39, 0.29) is 30.2 Å². The lowest BCUT2D eigenvalue weighted by Gasteiger charge is -2.25. The van der Waals surface area contributed by atoms with Gasteiger partial charge in [-0.25, -0.2) is 4.39 Å². The lowest BCUT2D eigenvalue weighted by atomic mass is 10.0. The minimum Gasteiger partial charge on any atom is -0.334 e. The maximum absolute atomic E-state index is 13.4. The fourth-order valence-electron chi connectivity index (χ4n) is 4.11. The van der Waals surface area contributed by atoms with E-state index >= 15 is 0 Å². The van der Waals surface area contributed by atoms with E-state index < -0.39 is 0 Å². The number of hydrogen-bond donors (Lipinski definition) is 1. The number of carbonyl (C=O) groups is 1. The Labute approximate surface area is 165 Å². The first-order chi connectivity index (χ1) is 12.7. The van der Waals surface area contributed by atoms with Crippen LogP contribution in [0.4, 0.5) is 4.39 Å². The Balaban J connectivity index is 0.00000210. The zero-order chi connectivity index (χ0) is 17.9. The third-order valence-corrected chi connectivity index (χ3v) is 5.47. The molecule has 1 aromatic carbocycles. The Hall–Kier alpha value is -1.92. The number of piperidine rings is 1. The molecule has 2 fully saturated rings. The number of halogens is 2. The van der Waals surface area contributed by atoms with Gasteiger partial charge in [0.05, 0.1) is 6.04 Å². The topological polar surface area (TPSA) is 50.2 Å². The van der Waals surface area contributed by atoms with Gasteiger partial charge in [-0.1, -0.05) is 12.1 Å². The largest absolute Gasteiger partial charge is 0.334 e. The molecule has 0 radical (unpaired) electrons. The minimum absolute atomic E-state index is 0. The Bertz CT molecular complexity index is 775. The van der Waals surface area contributed by atoms with Gasteiger partial charge in [-0.05, 0) is 62.4 Å². The van der Waals surface area contributed by atoms with Crippen LogP contribution in [-0.4, -0.2) is 46.3 Å². The van der Waals surface area contributed by atoms with Crippen molar-refractivity contribution in [2.45, 2.75) is 44.2 Å². The van der Waals surface area contributed by atoms with Crippen molar-refractivity contribution in [3.8, 4) is 0 Å². The number of nitrogens with one attached hydrogen (secondary N) is 1. The highest BCUT2D eigenvalue weighted by atomic mass is 35.5. The van der Waals surface area contributed by atoms with Crippen molar-refractivity contribution in [1.29, 1.82) is 0 Å². The number of benzene rings is 1. The Kier molecular flexibility index (Phi) is 6.50. The summed E-state index contributed by atoms with van der Waals surface area (Å²) in [4.78, 5) is 14.9. The minimum atomic E-state index is -0.224. The SMILES string of the molecule is Cl.O=C(c1ccn(C2CCCNC2)n1)N1CCCC1Cc1cccc(F)c1. The van der Waals surface area contributed by atoms with Gasteiger partial charge in [-0.3, -0.25) is 9.48 Å². The van der Waals surface area contributed by atoms with Crippen LogP contribution in [0.1, 0.15) is 47.8 Å². The monoisotopic (exact) mass is 392 g/mol. The molecule has 7 heteroatoms. The molecule has 2 unspecified atom stereocenters. The van der Waals surface area contributed by atoms with Crippen LogP contribution >= 0.6 is 12.4 Å². The van der Waals surface area contributed by atoms with Gasteiger partial charge in [0.25, 0.3) is 5.91 Å². The predicted molar refractivity (Wildman–Crippen MR) is 105 cm³/mol. The van der Waals surface area contributed by atoms with Crippen LogP contribution in [0.2, 0.25) is 0 Å². The molecule has 146 valence electrons. The highest BCUT2D eigenvalue weighted by molar-refractivity contribution is 5.92. The predicted octanol–water partition coefficient (Wildman–Crippen LogP) is 3.22. The third kappa shape index (κ3) is 4.50. The lowest BCUT2D eigenvalue weighted by molar-refractivity contribution is 0.0729. The van der Waals surface area contributed by atoms with Crippen molar-refractivity contribution in [1.82, 2.24) is 20.0 Å². The van der Waals surface area contributed by atoms with Gasteiger partial charge in [0, 0.05) is 25.3 Å². The van der Waals surface area contributed by atoms with Gasteiger partial charge in [0.15, 0.2) is 0 Å². The Morgan fingerprint density at radius 1 is 1.26 bits per heavy atom. The van der Waals surface area contributed by atoms with Crippen molar-refractivity contribution in [2.75, 3.05) is 19.6 Å². The normalized spacial score (nSPS) is 22.5. The molecule has 4 rings (SSSR count). The molecule has 2 aromatic rings. The van der Waals surface area contributed by atoms with E-state index in [1.165, 1.54) is 6.07 Å². The number of carbonyl (C=O) groups excluding carboxylic acids is 1. The number of likely N-dealkylation sites (tertiary alicyclic amines) is 1. The highest BCUT2D eigenvalue weighted by Crippen LogP contribution is 2.24. The summed E-state index contributed by atoms with van der Waals surface area (Å²) in [5.41, 5.74) is 1.45. The molecule has 2 atom stereocenters. The van der Waals surface area contributed by atoms with Crippen molar-refractivity contribution in [2.24, 2.45) is 0 Å². The molecule has 0 aliphatic carbocycles. The van der Waals surface area contributed by atoms with Crippen molar-refractivity contribution in [3.63, 3.8) is 0 Å². The Morgan fingerprint density at radius 2 is 2.15 bits per heavy atom. The molecule has 0 bridgehead atoms. The van der Waals surface area contributed by atoms with Crippen molar-refractivity contribution >= 4 is 18.3 Å². The number of rotatable bonds is 4. The van der Waals surface area contributed by atoms with Gasteiger partial charge in [-0.2, -0.15) is 5.10 Å². The summed E-state index contributed by atoms with van der Waals surface area (Å²) in [7, 11) is 0. The molecular weight excluding hydrogens is 367 g/mol. The molecular formula is C20H26ClFN4O. The van der Waals surface area contributed by atoms with Gasteiger partial charge >= 0.3 is 0 Å². The smallest absolute Gasteiger partial charge is 0.274 e. The standard InChI is InChI=1S/C20H25FN4O.ClH/c21-16-5-1-4-15(12-16)13-17-7-3-10-24(17)20(26)19-8-11-25(23-19)18-6-2-9-22-14-18;/h1,4-5,8,11-12,17-18,22H,2-3,6-7,9-10,13-14H2;1H. The molecule has 2 aliphatic rings. The van der Waals surface area contributed by atoms with Crippen LogP contribution in [0, 0.1) is 5.82 Å². The second-order valence-electron chi connectivity index (χ2n) is 7.31. The van der Waals surface area contributed by atoms with Gasteiger partial charge < -0.3 is 10.2 Å². The summed E-state index contributed by atoms with van der Waals surface area (Å²) in [6.07, 6.45) is 6.78. The summed E-state index contributed by atoms with van der Waals surface area (Å²) in [5.74, 6) is -0.232. The van der Waals surface area contributed by atoms with Gasteiger partial charge in [-0.15, -0.1) is 12.4 Å². The van der Waals surface area contributed by atoms with E-state index in [4.69, 9.17) is 0 Å². The van der Waals surface area contributed by atoms with Gasteiger partial charge in [0.2, 0.25) is 0 Å². The number of hydrogen-bond acceptors (Lipinski definition) is 3. The third-order valence-electron chi connectivity index (χ3n) is 5.47. The van der Waals surface area contributed by atoms with E-state index in [0.29, 0.717) is 18.2 Å². The zero-order valence-electron chi connectivity index (χ0n) is 15.3. The number of amides is 1. The van der Waals surface area contributed by atoms with Gasteiger partial charge in [0.1, 0.15) is 11.5 Å². The fraction of sp³-hybridized carbons (Fsp3) is 0.500.